The first-order chi connectivity index (χ1) is 13.0. The first-order valence-corrected chi connectivity index (χ1v) is 8.91. The summed E-state index contributed by atoms with van der Waals surface area (Å²) in [7, 11) is 0. The Kier molecular flexibility index (Phi) is 7.81. The van der Waals surface area contributed by atoms with E-state index >= 15 is 0 Å². The van der Waals surface area contributed by atoms with E-state index < -0.39 is 6.09 Å². The molecule has 8 heteroatoms. The molecule has 0 saturated carbocycles. The second-order valence-corrected chi connectivity index (χ2v) is 6.44. The normalized spacial score (nSPS) is 11.9. The molecule has 8 nitrogen and oxygen atoms in total. The van der Waals surface area contributed by atoms with Gasteiger partial charge in [0.1, 0.15) is 12.9 Å². The van der Waals surface area contributed by atoms with E-state index in [-0.39, 0.29) is 30.2 Å². The van der Waals surface area contributed by atoms with Gasteiger partial charge in [-0.25, -0.2) is 9.78 Å². The van der Waals surface area contributed by atoms with Crippen molar-refractivity contribution in [3.05, 3.63) is 53.7 Å². The number of nitrogens with one attached hydrogen (secondary N) is 2. The molecule has 0 bridgehead atoms. The van der Waals surface area contributed by atoms with E-state index in [0.29, 0.717) is 25.4 Å². The Labute approximate surface area is 158 Å². The lowest BCUT2D eigenvalue weighted by Crippen LogP contribution is -2.30. The van der Waals surface area contributed by atoms with Crippen molar-refractivity contribution in [3.8, 4) is 0 Å². The summed E-state index contributed by atoms with van der Waals surface area (Å²) in [6.07, 6.45) is 1.36. The van der Waals surface area contributed by atoms with Crippen LogP contribution in [0.15, 0.2) is 41.0 Å². The maximum Gasteiger partial charge on any atom is 0.407 e. The Hall–Kier alpha value is -2.87. The number of hydrogen-bond donors (Lipinski definition) is 3. The standard InChI is InChI=1S/C19H26N4O4/c1-13(2)16(20)18-23-15(12-26-18)17(24)21-9-6-10-22-19(25)27-11-14-7-4-3-5-8-14/h3-5,7-8,12-13,16H,6,9-11,20H2,1-2H3,(H,21,24)(H,22,25). The van der Waals surface area contributed by atoms with Crippen LogP contribution in [0.1, 0.15) is 48.3 Å². The third-order valence-electron chi connectivity index (χ3n) is 3.88. The summed E-state index contributed by atoms with van der Waals surface area (Å²) in [4.78, 5) is 27.7. The summed E-state index contributed by atoms with van der Waals surface area (Å²) in [5.74, 6) is 0.165. The second kappa shape index (κ2) is 10.3. The Morgan fingerprint density at radius 3 is 2.59 bits per heavy atom. The maximum absolute atomic E-state index is 12.0. The summed E-state index contributed by atoms with van der Waals surface area (Å²) in [5.41, 5.74) is 7.05. The molecule has 1 atom stereocenters. The monoisotopic (exact) mass is 374 g/mol. The van der Waals surface area contributed by atoms with Crippen LogP contribution in [-0.4, -0.2) is 30.1 Å². The summed E-state index contributed by atoms with van der Waals surface area (Å²) in [6, 6.07) is 9.08. The largest absolute Gasteiger partial charge is 0.446 e. The van der Waals surface area contributed by atoms with Gasteiger partial charge in [-0.1, -0.05) is 44.2 Å². The SMILES string of the molecule is CC(C)C(N)c1nc(C(=O)NCCCNC(=O)OCc2ccccc2)co1. The van der Waals surface area contributed by atoms with Gasteiger partial charge in [0.15, 0.2) is 5.69 Å². The molecule has 0 radical (unpaired) electrons. The van der Waals surface area contributed by atoms with Crippen LogP contribution in [0.3, 0.4) is 0 Å². The zero-order valence-electron chi connectivity index (χ0n) is 15.6. The molecule has 146 valence electrons. The number of aromatic nitrogens is 1. The van der Waals surface area contributed by atoms with Crippen molar-refractivity contribution in [2.45, 2.75) is 32.9 Å². The van der Waals surface area contributed by atoms with Crippen molar-refractivity contribution < 1.29 is 18.7 Å². The molecular formula is C19H26N4O4. The molecular weight excluding hydrogens is 348 g/mol. The predicted molar refractivity (Wildman–Crippen MR) is 99.8 cm³/mol. The van der Waals surface area contributed by atoms with Crippen molar-refractivity contribution in [2.75, 3.05) is 13.1 Å². The van der Waals surface area contributed by atoms with Crippen LogP contribution in [-0.2, 0) is 11.3 Å². The number of carbonyl (C=O) groups excluding carboxylic acids is 2. The number of nitrogens with zero attached hydrogens (tertiary/aromatic N) is 1. The van der Waals surface area contributed by atoms with E-state index in [2.05, 4.69) is 15.6 Å². The van der Waals surface area contributed by atoms with Crippen molar-refractivity contribution >= 4 is 12.0 Å². The number of benzene rings is 1. The summed E-state index contributed by atoms with van der Waals surface area (Å²) >= 11 is 0. The van der Waals surface area contributed by atoms with Crippen LogP contribution in [0.4, 0.5) is 4.79 Å². The zero-order valence-corrected chi connectivity index (χ0v) is 15.6. The number of amides is 2. The number of oxazole rings is 1. The third kappa shape index (κ3) is 6.74. The maximum atomic E-state index is 12.0. The number of nitrogens with two attached hydrogens (primary N) is 1. The second-order valence-electron chi connectivity index (χ2n) is 6.44. The molecule has 1 heterocycles. The third-order valence-corrected chi connectivity index (χ3v) is 3.88. The molecule has 4 N–H and O–H groups in total. The van der Waals surface area contributed by atoms with E-state index in [1.54, 1.807) is 0 Å². The number of hydrogen-bond acceptors (Lipinski definition) is 6. The van der Waals surface area contributed by atoms with E-state index in [1.165, 1.54) is 6.26 Å². The van der Waals surface area contributed by atoms with Gasteiger partial charge in [0.25, 0.3) is 5.91 Å². The molecule has 2 rings (SSSR count). The fourth-order valence-corrected chi connectivity index (χ4v) is 2.18. The van der Waals surface area contributed by atoms with Crippen LogP contribution in [0.2, 0.25) is 0 Å². The first-order valence-electron chi connectivity index (χ1n) is 8.91. The van der Waals surface area contributed by atoms with Gasteiger partial charge in [0.2, 0.25) is 5.89 Å². The predicted octanol–water partition coefficient (Wildman–Crippen LogP) is 2.38. The van der Waals surface area contributed by atoms with Gasteiger partial charge in [0.05, 0.1) is 6.04 Å². The quantitative estimate of drug-likeness (QED) is 0.580. The fraction of sp³-hybridized carbons (Fsp3) is 0.421. The highest BCUT2D eigenvalue weighted by Gasteiger charge is 2.19. The lowest BCUT2D eigenvalue weighted by atomic mass is 10.1. The van der Waals surface area contributed by atoms with Crippen LogP contribution in [0.5, 0.6) is 0 Å². The van der Waals surface area contributed by atoms with E-state index in [4.69, 9.17) is 14.9 Å². The average molecular weight is 374 g/mol. The van der Waals surface area contributed by atoms with Gasteiger partial charge in [0, 0.05) is 13.1 Å². The minimum absolute atomic E-state index is 0.160. The molecule has 0 aliphatic carbocycles. The molecule has 0 fully saturated rings. The molecule has 0 aliphatic heterocycles. The van der Waals surface area contributed by atoms with Crippen LogP contribution < -0.4 is 16.4 Å². The molecule has 1 aromatic heterocycles. The summed E-state index contributed by atoms with van der Waals surface area (Å²) in [5, 5.41) is 5.35. The highest BCUT2D eigenvalue weighted by atomic mass is 16.5. The van der Waals surface area contributed by atoms with Gasteiger partial charge in [-0.05, 0) is 17.9 Å². The highest BCUT2D eigenvalue weighted by Crippen LogP contribution is 2.17. The lowest BCUT2D eigenvalue weighted by Gasteiger charge is -2.10. The molecule has 2 aromatic rings. The van der Waals surface area contributed by atoms with Crippen molar-refractivity contribution in [1.29, 1.82) is 0 Å². The van der Waals surface area contributed by atoms with Gasteiger partial charge < -0.3 is 25.5 Å². The number of rotatable bonds is 9. The van der Waals surface area contributed by atoms with Gasteiger partial charge in [-0.3, -0.25) is 4.79 Å². The van der Waals surface area contributed by atoms with Gasteiger partial charge in [-0.15, -0.1) is 0 Å². The molecule has 0 spiro atoms. The lowest BCUT2D eigenvalue weighted by molar-refractivity contribution is 0.0948. The zero-order chi connectivity index (χ0) is 19.6. The van der Waals surface area contributed by atoms with Crippen molar-refractivity contribution in [1.82, 2.24) is 15.6 Å². The Morgan fingerprint density at radius 2 is 1.89 bits per heavy atom. The smallest absolute Gasteiger partial charge is 0.407 e. The molecule has 2 amide bonds. The van der Waals surface area contributed by atoms with Crippen LogP contribution in [0.25, 0.3) is 0 Å². The molecule has 1 unspecified atom stereocenters. The molecule has 0 aliphatic rings. The van der Waals surface area contributed by atoms with Crippen LogP contribution in [0, 0.1) is 5.92 Å². The molecule has 0 saturated heterocycles. The Bertz CT molecular complexity index is 730. The number of alkyl carbamates (subject to hydrolysis) is 1. The summed E-state index contributed by atoms with van der Waals surface area (Å²) < 4.78 is 10.4. The van der Waals surface area contributed by atoms with E-state index in [0.717, 1.165) is 5.56 Å². The van der Waals surface area contributed by atoms with Crippen LogP contribution >= 0.6 is 0 Å². The number of ether oxygens (including phenoxy) is 1. The fourth-order valence-electron chi connectivity index (χ4n) is 2.18. The first kappa shape index (κ1) is 20.4. The topological polar surface area (TPSA) is 119 Å². The molecule has 1 aromatic carbocycles. The van der Waals surface area contributed by atoms with E-state index in [9.17, 15) is 9.59 Å². The average Bonchev–Trinajstić information content (AvgIpc) is 3.16. The minimum atomic E-state index is -0.492. The molecule has 27 heavy (non-hydrogen) atoms. The van der Waals surface area contributed by atoms with Gasteiger partial charge >= 0.3 is 6.09 Å². The summed E-state index contributed by atoms with van der Waals surface area (Å²) in [6.45, 7) is 4.89. The van der Waals surface area contributed by atoms with Crippen molar-refractivity contribution in [3.63, 3.8) is 0 Å². The Balaban J connectivity index is 1.61. The Morgan fingerprint density at radius 1 is 1.19 bits per heavy atom. The van der Waals surface area contributed by atoms with E-state index in [1.807, 2.05) is 44.2 Å². The highest BCUT2D eigenvalue weighted by molar-refractivity contribution is 5.91. The minimum Gasteiger partial charge on any atom is -0.446 e. The van der Waals surface area contributed by atoms with Gasteiger partial charge in [-0.2, -0.15) is 0 Å². The van der Waals surface area contributed by atoms with Crippen molar-refractivity contribution in [2.24, 2.45) is 11.7 Å². The number of carbonyl (C=O) groups is 2.